The van der Waals surface area contributed by atoms with Crippen LogP contribution in [0.3, 0.4) is 0 Å². The van der Waals surface area contributed by atoms with Gasteiger partial charge in [0.2, 0.25) is 0 Å². The van der Waals surface area contributed by atoms with Gasteiger partial charge in [-0.25, -0.2) is 0 Å². The number of carbonyl (C=O) groups excluding carboxylic acids is 1. The average Bonchev–Trinajstić information content (AvgIpc) is 2.38. The molecule has 0 aliphatic carbocycles. The topological polar surface area (TPSA) is 59.6 Å². The van der Waals surface area contributed by atoms with Crippen molar-refractivity contribution in [3.05, 3.63) is 0 Å². The molecular weight excluding hydrogens is 244 g/mol. The summed E-state index contributed by atoms with van der Waals surface area (Å²) in [4.78, 5) is 11.7. The fourth-order valence-corrected chi connectivity index (χ4v) is 2.10. The maximum absolute atomic E-state index is 11.7. The summed E-state index contributed by atoms with van der Waals surface area (Å²) in [5.41, 5.74) is 0. The Labute approximate surface area is 108 Å². The monoisotopic (exact) mass is 264 g/mol. The highest BCUT2D eigenvalue weighted by Crippen LogP contribution is 2.08. The average molecular weight is 265 g/mol. The minimum Gasteiger partial charge on any atom is -0.376 e. The molecule has 0 saturated carbocycles. The molecule has 2 heterocycles. The summed E-state index contributed by atoms with van der Waals surface area (Å²) in [6.45, 7) is 4.34. The predicted octanol–water partition coefficient (Wildman–Crippen LogP) is -0.0606. The Morgan fingerprint density at radius 1 is 1.41 bits per heavy atom. The zero-order valence-corrected chi connectivity index (χ0v) is 10.8. The fraction of sp³-hybridized carbons (Fsp3) is 0.909. The Morgan fingerprint density at radius 2 is 2.29 bits per heavy atom. The molecule has 2 N–H and O–H groups in total. The Hall–Kier alpha value is -0.360. The van der Waals surface area contributed by atoms with Crippen molar-refractivity contribution in [1.29, 1.82) is 0 Å². The summed E-state index contributed by atoms with van der Waals surface area (Å²) >= 11 is 0. The largest absolute Gasteiger partial charge is 0.376 e. The van der Waals surface area contributed by atoms with Gasteiger partial charge in [-0.3, -0.25) is 4.79 Å². The second kappa shape index (κ2) is 7.87. The standard InChI is InChI=1S/C11H20N2O3.ClH/c14-11(10-8-15-4-5-16-10)13-7-9-2-1-3-12-6-9;/h9-10,12H,1-8H2,(H,13,14);1H. The van der Waals surface area contributed by atoms with Gasteiger partial charge in [0, 0.05) is 6.54 Å². The van der Waals surface area contributed by atoms with Gasteiger partial charge in [-0.15, -0.1) is 12.4 Å². The third-order valence-corrected chi connectivity index (χ3v) is 3.07. The van der Waals surface area contributed by atoms with Gasteiger partial charge in [0.1, 0.15) is 0 Å². The SMILES string of the molecule is Cl.O=C(NCC1CCCNC1)C1COCCO1. The van der Waals surface area contributed by atoms with Crippen LogP contribution in [0.25, 0.3) is 0 Å². The maximum atomic E-state index is 11.7. The van der Waals surface area contributed by atoms with E-state index in [2.05, 4.69) is 10.6 Å². The van der Waals surface area contributed by atoms with E-state index in [0.29, 0.717) is 25.7 Å². The molecule has 2 aliphatic heterocycles. The minimum absolute atomic E-state index is 0. The van der Waals surface area contributed by atoms with Gasteiger partial charge in [-0.2, -0.15) is 0 Å². The highest BCUT2D eigenvalue weighted by Gasteiger charge is 2.23. The minimum atomic E-state index is -0.412. The van der Waals surface area contributed by atoms with Crippen LogP contribution in [-0.2, 0) is 14.3 Å². The summed E-state index contributed by atoms with van der Waals surface area (Å²) in [5, 5.41) is 6.27. The molecule has 0 aromatic rings. The molecule has 2 saturated heterocycles. The van der Waals surface area contributed by atoms with E-state index in [1.807, 2.05) is 0 Å². The molecular formula is C11H21ClN2O3. The molecule has 2 unspecified atom stereocenters. The van der Waals surface area contributed by atoms with Crippen LogP contribution >= 0.6 is 12.4 Å². The van der Waals surface area contributed by atoms with Gasteiger partial charge in [0.25, 0.3) is 5.91 Å². The molecule has 1 amide bonds. The summed E-state index contributed by atoms with van der Waals surface area (Å²) in [6.07, 6.45) is 1.98. The lowest BCUT2D eigenvalue weighted by atomic mass is 10.00. The van der Waals surface area contributed by atoms with E-state index in [-0.39, 0.29) is 18.3 Å². The van der Waals surface area contributed by atoms with Gasteiger partial charge >= 0.3 is 0 Å². The zero-order valence-electron chi connectivity index (χ0n) is 9.94. The number of hydrogen-bond acceptors (Lipinski definition) is 4. The Balaban J connectivity index is 0.00000144. The van der Waals surface area contributed by atoms with Crippen LogP contribution in [0.4, 0.5) is 0 Å². The molecule has 17 heavy (non-hydrogen) atoms. The molecule has 0 spiro atoms. The number of hydrogen-bond donors (Lipinski definition) is 2. The number of carbonyl (C=O) groups is 1. The first kappa shape index (κ1) is 14.7. The van der Waals surface area contributed by atoms with Crippen molar-refractivity contribution in [2.45, 2.75) is 18.9 Å². The van der Waals surface area contributed by atoms with Crippen molar-refractivity contribution in [1.82, 2.24) is 10.6 Å². The van der Waals surface area contributed by atoms with E-state index in [9.17, 15) is 4.79 Å². The van der Waals surface area contributed by atoms with Crippen molar-refractivity contribution in [3.8, 4) is 0 Å². The quantitative estimate of drug-likeness (QED) is 0.750. The lowest BCUT2D eigenvalue weighted by Crippen LogP contribution is -2.45. The van der Waals surface area contributed by atoms with Gasteiger partial charge < -0.3 is 20.1 Å². The third kappa shape index (κ3) is 4.79. The first-order valence-corrected chi connectivity index (χ1v) is 6.04. The van der Waals surface area contributed by atoms with E-state index >= 15 is 0 Å². The van der Waals surface area contributed by atoms with Crippen molar-refractivity contribution in [2.75, 3.05) is 39.5 Å². The highest BCUT2D eigenvalue weighted by atomic mass is 35.5. The van der Waals surface area contributed by atoms with Crippen LogP contribution in [-0.4, -0.2) is 51.5 Å². The number of piperidine rings is 1. The van der Waals surface area contributed by atoms with E-state index in [1.54, 1.807) is 0 Å². The van der Waals surface area contributed by atoms with Crippen molar-refractivity contribution in [3.63, 3.8) is 0 Å². The number of nitrogens with one attached hydrogen (secondary N) is 2. The van der Waals surface area contributed by atoms with Crippen LogP contribution in [0.2, 0.25) is 0 Å². The number of ether oxygens (including phenoxy) is 2. The van der Waals surface area contributed by atoms with Crippen molar-refractivity contribution in [2.24, 2.45) is 5.92 Å². The summed E-state index contributed by atoms with van der Waals surface area (Å²) in [6, 6.07) is 0. The maximum Gasteiger partial charge on any atom is 0.251 e. The smallest absolute Gasteiger partial charge is 0.251 e. The molecule has 5 nitrogen and oxygen atoms in total. The molecule has 0 radical (unpaired) electrons. The van der Waals surface area contributed by atoms with Gasteiger partial charge in [0.15, 0.2) is 6.10 Å². The molecule has 0 aromatic heterocycles. The van der Waals surface area contributed by atoms with Crippen LogP contribution in [0, 0.1) is 5.92 Å². The lowest BCUT2D eigenvalue weighted by Gasteiger charge is -2.25. The number of rotatable bonds is 3. The van der Waals surface area contributed by atoms with E-state index in [0.717, 1.165) is 19.6 Å². The first-order valence-electron chi connectivity index (χ1n) is 6.04. The highest BCUT2D eigenvalue weighted by molar-refractivity contribution is 5.85. The van der Waals surface area contributed by atoms with Gasteiger partial charge in [0.05, 0.1) is 19.8 Å². The lowest BCUT2D eigenvalue weighted by molar-refractivity contribution is -0.147. The Morgan fingerprint density at radius 3 is 2.94 bits per heavy atom. The van der Waals surface area contributed by atoms with Gasteiger partial charge in [-0.05, 0) is 31.8 Å². The first-order chi connectivity index (χ1) is 7.86. The molecule has 2 aliphatic rings. The summed E-state index contributed by atoms with van der Waals surface area (Å²) < 4.78 is 10.5. The molecule has 2 fully saturated rings. The van der Waals surface area contributed by atoms with E-state index in [1.165, 1.54) is 12.8 Å². The normalized spacial score (nSPS) is 29.2. The summed E-state index contributed by atoms with van der Waals surface area (Å²) in [5.74, 6) is 0.521. The van der Waals surface area contributed by atoms with E-state index < -0.39 is 6.10 Å². The molecule has 2 atom stereocenters. The molecule has 6 heteroatoms. The Bertz CT molecular complexity index is 229. The second-order valence-corrected chi connectivity index (χ2v) is 4.39. The number of amides is 1. The Kier molecular flexibility index (Phi) is 6.80. The van der Waals surface area contributed by atoms with Crippen LogP contribution in [0.5, 0.6) is 0 Å². The second-order valence-electron chi connectivity index (χ2n) is 4.39. The van der Waals surface area contributed by atoms with Crippen molar-refractivity contribution < 1.29 is 14.3 Å². The fourth-order valence-electron chi connectivity index (χ4n) is 2.10. The van der Waals surface area contributed by atoms with Crippen molar-refractivity contribution >= 4 is 18.3 Å². The van der Waals surface area contributed by atoms with Crippen LogP contribution in [0.1, 0.15) is 12.8 Å². The molecule has 0 aromatic carbocycles. The molecule has 2 rings (SSSR count). The van der Waals surface area contributed by atoms with Gasteiger partial charge in [-0.1, -0.05) is 0 Å². The zero-order chi connectivity index (χ0) is 11.2. The molecule has 0 bridgehead atoms. The molecule has 100 valence electrons. The predicted molar refractivity (Wildman–Crippen MR) is 66.4 cm³/mol. The van der Waals surface area contributed by atoms with Crippen LogP contribution in [0.15, 0.2) is 0 Å². The van der Waals surface area contributed by atoms with E-state index in [4.69, 9.17) is 9.47 Å². The summed E-state index contributed by atoms with van der Waals surface area (Å²) in [7, 11) is 0. The van der Waals surface area contributed by atoms with Crippen LogP contribution < -0.4 is 10.6 Å². The third-order valence-electron chi connectivity index (χ3n) is 3.07. The number of halogens is 1.